The summed E-state index contributed by atoms with van der Waals surface area (Å²) < 4.78 is 4.52. The van der Waals surface area contributed by atoms with Crippen LogP contribution in [0.2, 0.25) is 0 Å². The number of hydrogen-bond acceptors (Lipinski definition) is 5. The predicted octanol–water partition coefficient (Wildman–Crippen LogP) is 11.5. The summed E-state index contributed by atoms with van der Waals surface area (Å²) in [4.78, 5) is 25.1. The quantitative estimate of drug-likeness (QED) is 0.171. The van der Waals surface area contributed by atoms with E-state index in [1.165, 1.54) is 0 Å². The standard InChI is InChI=1S/C49H31N7/c1-3-13-32(14-4-1)42-31-43(33-15-5-2-6-16-33)54-49(53-42)56-45-25-21-35(41-18-8-11-27-51-41)30-39(45)37-23-22-36-38-29-34(40-17-7-10-26-50-40)20-24-44(38)55(47(36)48(37)56)46-19-9-12-28-52-46/h1-31H. The maximum Gasteiger partial charge on any atom is 0.235 e. The number of fused-ring (bicyclic) bond motifs is 7. The fourth-order valence-corrected chi connectivity index (χ4v) is 7.97. The number of aromatic nitrogens is 7. The van der Waals surface area contributed by atoms with E-state index in [4.69, 9.17) is 19.9 Å². The van der Waals surface area contributed by atoms with Crippen LogP contribution in [0.5, 0.6) is 0 Å². The molecule has 0 N–H and O–H groups in total. The third-order valence-electron chi connectivity index (χ3n) is 10.5. The van der Waals surface area contributed by atoms with Crippen molar-refractivity contribution in [2.75, 3.05) is 0 Å². The summed E-state index contributed by atoms with van der Waals surface area (Å²) in [7, 11) is 0. The predicted molar refractivity (Wildman–Crippen MR) is 226 cm³/mol. The molecule has 7 heteroatoms. The van der Waals surface area contributed by atoms with Crippen LogP contribution in [0.25, 0.3) is 100 Å². The molecule has 0 amide bonds. The molecule has 0 saturated heterocycles. The van der Waals surface area contributed by atoms with E-state index in [0.717, 1.165) is 94.5 Å². The fraction of sp³-hybridized carbons (Fsp3) is 0. The number of rotatable bonds is 6. The summed E-state index contributed by atoms with van der Waals surface area (Å²) in [5, 5.41) is 4.34. The van der Waals surface area contributed by atoms with Gasteiger partial charge in [-0.2, -0.15) is 0 Å². The molecule has 7 nitrogen and oxygen atoms in total. The lowest BCUT2D eigenvalue weighted by molar-refractivity contribution is 0.993. The molecule has 0 aliphatic heterocycles. The SMILES string of the molecule is c1ccc(-c2cc(-c3ccccc3)nc(-n3c4ccc(-c5ccccn5)cc4c4ccc5c6cc(-c7ccccn7)ccc6n(-c6ccccn6)c5c43)n2)cc1. The third kappa shape index (κ3) is 5.17. The first-order valence-corrected chi connectivity index (χ1v) is 18.6. The molecule has 0 saturated carbocycles. The van der Waals surface area contributed by atoms with Crippen LogP contribution in [0.4, 0.5) is 0 Å². The van der Waals surface area contributed by atoms with Crippen LogP contribution >= 0.6 is 0 Å². The summed E-state index contributed by atoms with van der Waals surface area (Å²) in [6.45, 7) is 0. The van der Waals surface area contributed by atoms with Crippen LogP contribution in [0.15, 0.2) is 188 Å². The van der Waals surface area contributed by atoms with Crippen molar-refractivity contribution in [1.29, 1.82) is 0 Å². The Labute approximate surface area is 321 Å². The Bertz CT molecular complexity index is 3160. The molecule has 262 valence electrons. The van der Waals surface area contributed by atoms with E-state index in [9.17, 15) is 0 Å². The van der Waals surface area contributed by atoms with Crippen molar-refractivity contribution in [3.63, 3.8) is 0 Å². The molecule has 0 unspecified atom stereocenters. The van der Waals surface area contributed by atoms with Crippen molar-refractivity contribution in [2.24, 2.45) is 0 Å². The highest BCUT2D eigenvalue weighted by Gasteiger charge is 2.24. The molecule has 0 aliphatic carbocycles. The summed E-state index contributed by atoms with van der Waals surface area (Å²) >= 11 is 0. The maximum atomic E-state index is 5.38. The van der Waals surface area contributed by atoms with Gasteiger partial charge in [-0.1, -0.05) is 103 Å². The Hall–Kier alpha value is -7.77. The lowest BCUT2D eigenvalue weighted by atomic mass is 10.0. The van der Waals surface area contributed by atoms with Gasteiger partial charge in [0.1, 0.15) is 5.82 Å². The summed E-state index contributed by atoms with van der Waals surface area (Å²) in [6.07, 6.45) is 5.53. The van der Waals surface area contributed by atoms with Crippen molar-refractivity contribution >= 4 is 43.6 Å². The fourth-order valence-electron chi connectivity index (χ4n) is 7.97. The van der Waals surface area contributed by atoms with Crippen molar-refractivity contribution in [2.45, 2.75) is 0 Å². The molecule has 0 spiro atoms. The Balaban J connectivity index is 1.31. The molecule has 6 aromatic heterocycles. The van der Waals surface area contributed by atoms with Gasteiger partial charge in [0.15, 0.2) is 0 Å². The van der Waals surface area contributed by atoms with Crippen molar-refractivity contribution in [3.8, 4) is 56.8 Å². The van der Waals surface area contributed by atoms with Gasteiger partial charge in [0.05, 0.1) is 44.8 Å². The highest BCUT2D eigenvalue weighted by Crippen LogP contribution is 2.43. The second kappa shape index (κ2) is 13.0. The number of benzene rings is 5. The van der Waals surface area contributed by atoms with Gasteiger partial charge in [0.25, 0.3) is 0 Å². The van der Waals surface area contributed by atoms with Gasteiger partial charge >= 0.3 is 0 Å². The maximum absolute atomic E-state index is 5.38. The molecule has 0 radical (unpaired) electrons. The molecular formula is C49H31N7. The molecule has 0 fully saturated rings. The van der Waals surface area contributed by atoms with E-state index >= 15 is 0 Å². The molecule has 0 bridgehead atoms. The smallest absolute Gasteiger partial charge is 0.235 e. The van der Waals surface area contributed by atoms with Crippen LogP contribution in [-0.2, 0) is 0 Å². The lowest BCUT2D eigenvalue weighted by Crippen LogP contribution is -2.05. The first-order valence-electron chi connectivity index (χ1n) is 18.6. The van der Waals surface area contributed by atoms with Gasteiger partial charge in [-0.15, -0.1) is 0 Å². The van der Waals surface area contributed by atoms with E-state index in [2.05, 4.69) is 111 Å². The zero-order valence-corrected chi connectivity index (χ0v) is 30.0. The Morgan fingerprint density at radius 1 is 0.321 bits per heavy atom. The number of pyridine rings is 3. The summed E-state index contributed by atoms with van der Waals surface area (Å²) in [5.41, 5.74) is 11.7. The monoisotopic (exact) mass is 717 g/mol. The Morgan fingerprint density at radius 3 is 1.30 bits per heavy atom. The van der Waals surface area contributed by atoms with E-state index in [1.54, 1.807) is 0 Å². The van der Waals surface area contributed by atoms with E-state index < -0.39 is 0 Å². The van der Waals surface area contributed by atoms with Crippen LogP contribution in [0, 0.1) is 0 Å². The van der Waals surface area contributed by atoms with Crippen LogP contribution in [0.1, 0.15) is 0 Å². The van der Waals surface area contributed by atoms with Gasteiger partial charge in [-0.3, -0.25) is 19.1 Å². The first-order chi connectivity index (χ1) is 27.8. The topological polar surface area (TPSA) is 74.3 Å². The highest BCUT2D eigenvalue weighted by atomic mass is 15.2. The minimum atomic E-state index is 0.579. The third-order valence-corrected chi connectivity index (χ3v) is 10.5. The van der Waals surface area contributed by atoms with Crippen LogP contribution < -0.4 is 0 Å². The number of hydrogen-bond donors (Lipinski definition) is 0. The zero-order chi connectivity index (χ0) is 37.0. The molecule has 56 heavy (non-hydrogen) atoms. The molecule has 0 atom stereocenters. The minimum Gasteiger partial charge on any atom is -0.292 e. The average Bonchev–Trinajstić information content (AvgIpc) is 3.80. The van der Waals surface area contributed by atoms with Crippen LogP contribution in [-0.4, -0.2) is 34.1 Å². The van der Waals surface area contributed by atoms with Gasteiger partial charge in [0, 0.05) is 62.4 Å². The van der Waals surface area contributed by atoms with Crippen molar-refractivity contribution < 1.29 is 0 Å². The van der Waals surface area contributed by atoms with E-state index in [0.29, 0.717) is 5.95 Å². The van der Waals surface area contributed by atoms with Gasteiger partial charge in [0.2, 0.25) is 5.95 Å². The lowest BCUT2D eigenvalue weighted by Gasteiger charge is -2.13. The molecule has 11 aromatic rings. The molecule has 6 heterocycles. The van der Waals surface area contributed by atoms with E-state index in [-0.39, 0.29) is 0 Å². The molecular weight excluding hydrogens is 687 g/mol. The van der Waals surface area contributed by atoms with Crippen molar-refractivity contribution in [1.82, 2.24) is 34.1 Å². The van der Waals surface area contributed by atoms with Gasteiger partial charge in [-0.05, 0) is 66.7 Å². The molecule has 5 aromatic carbocycles. The normalized spacial score (nSPS) is 11.6. The van der Waals surface area contributed by atoms with Gasteiger partial charge < -0.3 is 0 Å². The number of nitrogens with zero attached hydrogens (tertiary/aromatic N) is 7. The molecule has 11 rings (SSSR count). The molecule has 0 aliphatic rings. The summed E-state index contributed by atoms with van der Waals surface area (Å²) in [5.74, 6) is 1.40. The van der Waals surface area contributed by atoms with Gasteiger partial charge in [-0.25, -0.2) is 15.0 Å². The minimum absolute atomic E-state index is 0.579. The van der Waals surface area contributed by atoms with Crippen molar-refractivity contribution in [3.05, 3.63) is 188 Å². The average molecular weight is 718 g/mol. The van der Waals surface area contributed by atoms with Crippen LogP contribution in [0.3, 0.4) is 0 Å². The first kappa shape index (κ1) is 31.7. The highest BCUT2D eigenvalue weighted by molar-refractivity contribution is 6.24. The Kier molecular flexibility index (Phi) is 7.35. The second-order valence-corrected chi connectivity index (χ2v) is 13.8. The largest absolute Gasteiger partial charge is 0.292 e. The van der Waals surface area contributed by atoms with E-state index in [1.807, 2.05) is 91.4 Å². The summed E-state index contributed by atoms with van der Waals surface area (Å²) in [6, 6.07) is 58.5. The second-order valence-electron chi connectivity index (χ2n) is 13.8. The zero-order valence-electron chi connectivity index (χ0n) is 30.0. The Morgan fingerprint density at radius 2 is 0.804 bits per heavy atom.